The zero-order chi connectivity index (χ0) is 38.3. The number of anilines is 2. The Morgan fingerprint density at radius 1 is 0.811 bits per heavy atom. The molecule has 4 amide bonds. The first-order valence-corrected chi connectivity index (χ1v) is 16.6. The number of unbranched alkanes of at least 4 members (excludes halogenated alkanes) is 1. The van der Waals surface area contributed by atoms with E-state index in [1.807, 2.05) is 18.2 Å². The minimum Gasteiger partial charge on any atom is -0.387 e. The SMILES string of the molecule is CNc1ccccc1C(=O)N[C@@H](Cc1ccccc1)C(=O)N[C@@H](Cc1cnc[nH]1)C(=O)N[C@@H](CCCCNc1ccc([N+](=O)[O-])cc1[N+](=O)[O-])C(N)=O. The Morgan fingerprint density at radius 2 is 1.49 bits per heavy atom. The van der Waals surface area contributed by atoms with Gasteiger partial charge >= 0.3 is 0 Å². The molecule has 0 spiro atoms. The molecule has 3 aromatic carbocycles. The summed E-state index contributed by atoms with van der Waals surface area (Å²) in [5.74, 6) is -2.68. The van der Waals surface area contributed by atoms with Gasteiger partial charge in [0, 0.05) is 50.1 Å². The number of carbonyl (C=O) groups is 4. The van der Waals surface area contributed by atoms with E-state index in [2.05, 4.69) is 36.6 Å². The number of nitrogens with two attached hydrogens (primary N) is 1. The molecule has 3 atom stereocenters. The average molecular weight is 729 g/mol. The largest absolute Gasteiger partial charge is 0.387 e. The van der Waals surface area contributed by atoms with Crippen molar-refractivity contribution in [2.45, 2.75) is 50.2 Å². The van der Waals surface area contributed by atoms with Gasteiger partial charge in [0.25, 0.3) is 17.3 Å². The molecule has 0 fully saturated rings. The van der Waals surface area contributed by atoms with Crippen molar-refractivity contribution in [3.05, 3.63) is 122 Å². The van der Waals surface area contributed by atoms with E-state index in [4.69, 9.17) is 5.73 Å². The van der Waals surface area contributed by atoms with Crippen LogP contribution in [0.5, 0.6) is 0 Å². The van der Waals surface area contributed by atoms with Crippen molar-refractivity contribution >= 4 is 46.4 Å². The summed E-state index contributed by atoms with van der Waals surface area (Å²) in [5.41, 5.74) is 6.99. The van der Waals surface area contributed by atoms with Crippen molar-refractivity contribution in [3.63, 3.8) is 0 Å². The van der Waals surface area contributed by atoms with E-state index in [1.54, 1.807) is 43.4 Å². The van der Waals surface area contributed by atoms with E-state index >= 15 is 0 Å². The maximum atomic E-state index is 13.9. The Labute approximate surface area is 303 Å². The van der Waals surface area contributed by atoms with Gasteiger partial charge in [0.1, 0.15) is 23.8 Å². The van der Waals surface area contributed by atoms with Crippen LogP contribution in [0.4, 0.5) is 22.7 Å². The van der Waals surface area contributed by atoms with Crippen LogP contribution in [-0.2, 0) is 27.2 Å². The van der Waals surface area contributed by atoms with E-state index < -0.39 is 63.0 Å². The molecule has 53 heavy (non-hydrogen) atoms. The van der Waals surface area contributed by atoms with Crippen LogP contribution in [0.1, 0.15) is 40.9 Å². The normalized spacial score (nSPS) is 12.4. The highest BCUT2D eigenvalue weighted by Gasteiger charge is 2.30. The van der Waals surface area contributed by atoms with Crippen LogP contribution in [0.3, 0.4) is 0 Å². The van der Waals surface area contributed by atoms with Gasteiger partial charge in [-0.2, -0.15) is 0 Å². The lowest BCUT2D eigenvalue weighted by molar-refractivity contribution is -0.393. The quantitative estimate of drug-likeness (QED) is 0.0395. The second-order valence-electron chi connectivity index (χ2n) is 12.0. The summed E-state index contributed by atoms with van der Waals surface area (Å²) in [6, 6.07) is 15.7. The van der Waals surface area contributed by atoms with Crippen molar-refractivity contribution in [1.82, 2.24) is 25.9 Å². The van der Waals surface area contributed by atoms with Crippen molar-refractivity contribution in [2.75, 3.05) is 24.2 Å². The van der Waals surface area contributed by atoms with Gasteiger partial charge in [0.05, 0.1) is 27.8 Å². The first kappa shape index (κ1) is 38.9. The maximum Gasteiger partial charge on any atom is 0.299 e. The second-order valence-corrected chi connectivity index (χ2v) is 12.0. The number of nitro benzene ring substituents is 2. The summed E-state index contributed by atoms with van der Waals surface area (Å²) in [4.78, 5) is 81.2. The lowest BCUT2D eigenvalue weighted by Crippen LogP contribution is -2.57. The molecule has 4 aromatic rings. The molecule has 0 saturated heterocycles. The number of non-ortho nitro benzene ring substituents is 1. The van der Waals surface area contributed by atoms with Gasteiger partial charge in [-0.05, 0) is 43.0 Å². The number of primary amides is 1. The van der Waals surface area contributed by atoms with Crippen LogP contribution >= 0.6 is 0 Å². The van der Waals surface area contributed by atoms with E-state index in [9.17, 15) is 39.4 Å². The fourth-order valence-electron chi connectivity index (χ4n) is 5.48. The Balaban J connectivity index is 1.44. The number of aromatic nitrogens is 2. The molecule has 0 bridgehead atoms. The summed E-state index contributed by atoms with van der Waals surface area (Å²) in [7, 11) is 1.67. The molecule has 8 N–H and O–H groups in total. The number of hydrogen-bond acceptors (Lipinski definition) is 11. The summed E-state index contributed by atoms with van der Waals surface area (Å²) >= 11 is 0. The number of benzene rings is 3. The van der Waals surface area contributed by atoms with Gasteiger partial charge in [-0.3, -0.25) is 39.4 Å². The monoisotopic (exact) mass is 728 g/mol. The zero-order valence-electron chi connectivity index (χ0n) is 28.7. The summed E-state index contributed by atoms with van der Waals surface area (Å²) < 4.78 is 0. The molecular weight excluding hydrogens is 688 g/mol. The predicted molar refractivity (Wildman–Crippen MR) is 195 cm³/mol. The third-order valence-corrected chi connectivity index (χ3v) is 8.24. The minimum atomic E-state index is -1.21. The van der Waals surface area contributed by atoms with Crippen LogP contribution in [0.2, 0.25) is 0 Å². The third kappa shape index (κ3) is 11.3. The Morgan fingerprint density at radius 3 is 2.13 bits per heavy atom. The molecule has 4 rings (SSSR count). The molecule has 0 radical (unpaired) electrons. The van der Waals surface area contributed by atoms with Gasteiger partial charge in [-0.1, -0.05) is 42.5 Å². The molecule has 0 aliphatic heterocycles. The number of amides is 4. The topological polar surface area (TPSA) is 269 Å². The van der Waals surface area contributed by atoms with Crippen LogP contribution in [-0.4, -0.2) is 75.2 Å². The molecule has 1 heterocycles. The fraction of sp³-hybridized carbons (Fsp3) is 0.286. The predicted octanol–water partition coefficient (Wildman–Crippen LogP) is 2.59. The third-order valence-electron chi connectivity index (χ3n) is 8.24. The highest BCUT2D eigenvalue weighted by atomic mass is 16.6. The zero-order valence-corrected chi connectivity index (χ0v) is 28.7. The highest BCUT2D eigenvalue weighted by Crippen LogP contribution is 2.29. The number of H-pyrrole nitrogens is 1. The van der Waals surface area contributed by atoms with Gasteiger partial charge in [0.15, 0.2) is 0 Å². The van der Waals surface area contributed by atoms with E-state index in [1.165, 1.54) is 18.6 Å². The first-order chi connectivity index (χ1) is 25.5. The smallest absolute Gasteiger partial charge is 0.299 e. The van der Waals surface area contributed by atoms with Gasteiger partial charge < -0.3 is 37.3 Å². The van der Waals surface area contributed by atoms with E-state index in [0.29, 0.717) is 29.8 Å². The van der Waals surface area contributed by atoms with Crippen LogP contribution in [0.25, 0.3) is 0 Å². The molecule has 0 aliphatic carbocycles. The van der Waals surface area contributed by atoms with Gasteiger partial charge in [0.2, 0.25) is 17.7 Å². The number of carbonyl (C=O) groups excluding carboxylic acids is 4. The summed E-state index contributed by atoms with van der Waals surface area (Å²) in [6.45, 7) is 0.212. The number of para-hydroxylation sites is 1. The number of nitrogens with zero attached hydrogens (tertiary/aromatic N) is 3. The molecule has 0 unspecified atom stereocenters. The molecule has 18 heteroatoms. The van der Waals surface area contributed by atoms with Crippen molar-refractivity contribution in [1.29, 1.82) is 0 Å². The van der Waals surface area contributed by atoms with Crippen molar-refractivity contribution in [2.24, 2.45) is 5.73 Å². The summed E-state index contributed by atoms with van der Waals surface area (Å²) in [6.07, 6.45) is 3.81. The van der Waals surface area contributed by atoms with E-state index in [-0.39, 0.29) is 31.5 Å². The first-order valence-electron chi connectivity index (χ1n) is 16.6. The molecule has 0 aliphatic rings. The van der Waals surface area contributed by atoms with Gasteiger partial charge in [-0.25, -0.2) is 4.98 Å². The van der Waals surface area contributed by atoms with Crippen LogP contribution < -0.4 is 32.3 Å². The van der Waals surface area contributed by atoms with Crippen molar-refractivity contribution in [3.8, 4) is 0 Å². The van der Waals surface area contributed by atoms with Gasteiger partial charge in [-0.15, -0.1) is 0 Å². The standard InChI is InChI=1S/C35H40N10O8/c1-37-26-12-6-5-11-25(26)33(47)42-29(17-22-9-3-2-4-10-22)34(48)43-30(18-23-20-38-21-40-23)35(49)41-28(32(36)46)13-7-8-16-39-27-15-14-24(44(50)51)19-31(27)45(52)53/h2-6,9-12,14-15,19-21,28-30,37,39H,7-8,13,16-18H2,1H3,(H2,36,46)(H,38,40)(H,41,49)(H,42,47)(H,43,48)/t28-,29-,30-/m0/s1. The molecular formula is C35H40N10O8. The number of hydrogen-bond donors (Lipinski definition) is 7. The lowest BCUT2D eigenvalue weighted by Gasteiger charge is -2.25. The number of aromatic amines is 1. The average Bonchev–Trinajstić information content (AvgIpc) is 3.67. The fourth-order valence-corrected chi connectivity index (χ4v) is 5.48. The molecule has 1 aromatic heterocycles. The van der Waals surface area contributed by atoms with Crippen LogP contribution in [0.15, 0.2) is 85.3 Å². The Bertz CT molecular complexity index is 1910. The molecule has 278 valence electrons. The second kappa shape index (κ2) is 18.9. The Kier molecular flexibility index (Phi) is 13.9. The lowest BCUT2D eigenvalue weighted by atomic mass is 10.0. The number of imidazole rings is 1. The number of rotatable bonds is 20. The maximum absolute atomic E-state index is 13.9. The van der Waals surface area contributed by atoms with Crippen LogP contribution in [0, 0.1) is 20.2 Å². The Hall–Kier alpha value is -6.85. The molecule has 0 saturated carbocycles. The van der Waals surface area contributed by atoms with E-state index in [0.717, 1.165) is 17.7 Å². The summed E-state index contributed by atoms with van der Waals surface area (Å²) in [5, 5.41) is 36.4. The number of nitrogens with one attached hydrogen (secondary N) is 6. The minimum absolute atomic E-state index is 0.0322. The molecule has 18 nitrogen and oxygen atoms in total. The highest BCUT2D eigenvalue weighted by molar-refractivity contribution is 6.02. The van der Waals surface area contributed by atoms with Crippen molar-refractivity contribution < 1.29 is 29.0 Å². The number of nitro groups is 2.